The lowest BCUT2D eigenvalue weighted by Crippen LogP contribution is -2.04. The van der Waals surface area contributed by atoms with Crippen LogP contribution in [-0.2, 0) is 0 Å². The molecule has 4 aromatic carbocycles. The van der Waals surface area contributed by atoms with E-state index in [0.717, 1.165) is 6.07 Å². The summed E-state index contributed by atoms with van der Waals surface area (Å²) in [5, 5.41) is 20.3. The first-order chi connectivity index (χ1) is 21.2. The van der Waals surface area contributed by atoms with Crippen molar-refractivity contribution in [2.75, 3.05) is 14.2 Å². The number of phenolic OH excluding ortho intramolecular Hbond substituents is 2. The fraction of sp³-hybridized carbons (Fsp3) is 0.0588. The maximum atomic E-state index is 12.7. The third kappa shape index (κ3) is 6.19. The normalized spacial score (nSPS) is 10.6. The second kappa shape index (κ2) is 12.4. The van der Waals surface area contributed by atoms with E-state index in [1.165, 1.54) is 43.5 Å². The second-order valence-electron chi connectivity index (χ2n) is 9.44. The van der Waals surface area contributed by atoms with Crippen LogP contribution >= 0.6 is 0 Å². The molecule has 6 rings (SSSR count). The molecule has 0 fully saturated rings. The Morgan fingerprint density at radius 3 is 1.66 bits per heavy atom. The van der Waals surface area contributed by atoms with Gasteiger partial charge < -0.3 is 28.5 Å². The number of phenols is 2. The predicted octanol–water partition coefficient (Wildman–Crippen LogP) is 5.48. The molecule has 0 aliphatic rings. The van der Waals surface area contributed by atoms with Crippen molar-refractivity contribution < 1.29 is 38.1 Å². The molecule has 0 aliphatic carbocycles. The molecule has 44 heavy (non-hydrogen) atoms. The van der Waals surface area contributed by atoms with E-state index in [1.54, 1.807) is 61.7 Å². The van der Waals surface area contributed by atoms with E-state index in [4.69, 9.17) is 18.3 Å². The van der Waals surface area contributed by atoms with Crippen molar-refractivity contribution in [3.8, 4) is 23.0 Å². The largest absolute Gasteiger partial charge is 0.508 e. The van der Waals surface area contributed by atoms with Crippen molar-refractivity contribution in [1.82, 2.24) is 0 Å². The Kier molecular flexibility index (Phi) is 8.25. The zero-order valence-corrected chi connectivity index (χ0v) is 23.4. The topological polar surface area (TPSA) is 153 Å². The van der Waals surface area contributed by atoms with Crippen molar-refractivity contribution in [3.05, 3.63) is 140 Å². The molecule has 2 heterocycles. The number of carbonyl (C=O) groups excluding carboxylic acids is 2. The Hall–Kier alpha value is -6.16. The third-order valence-corrected chi connectivity index (χ3v) is 6.64. The van der Waals surface area contributed by atoms with Gasteiger partial charge in [-0.25, -0.2) is 9.59 Å². The van der Waals surface area contributed by atoms with Gasteiger partial charge in [-0.2, -0.15) is 0 Å². The van der Waals surface area contributed by atoms with Crippen LogP contribution < -0.4 is 20.7 Å². The molecule has 220 valence electrons. The predicted molar refractivity (Wildman–Crippen MR) is 161 cm³/mol. The van der Waals surface area contributed by atoms with Gasteiger partial charge in [0.15, 0.2) is 11.6 Å². The summed E-state index contributed by atoms with van der Waals surface area (Å²) in [5.74, 6) is 0.0648. The quantitative estimate of drug-likeness (QED) is 0.188. The van der Waals surface area contributed by atoms with Crippen LogP contribution in [0.5, 0.6) is 23.0 Å². The molecule has 0 unspecified atom stereocenters. The lowest BCUT2D eigenvalue weighted by atomic mass is 10.0. The molecule has 0 atom stereocenters. The minimum atomic E-state index is -0.460. The summed E-state index contributed by atoms with van der Waals surface area (Å²) in [4.78, 5) is 47.4. The Bertz CT molecular complexity index is 2160. The first-order valence-corrected chi connectivity index (χ1v) is 13.1. The van der Waals surface area contributed by atoms with Gasteiger partial charge >= 0.3 is 11.3 Å². The van der Waals surface area contributed by atoms with Crippen LogP contribution in [0.25, 0.3) is 21.9 Å². The maximum Gasteiger partial charge on any atom is 0.336 e. The van der Waals surface area contributed by atoms with Crippen molar-refractivity contribution in [1.29, 1.82) is 0 Å². The van der Waals surface area contributed by atoms with Crippen LogP contribution in [0, 0.1) is 0 Å². The summed E-state index contributed by atoms with van der Waals surface area (Å²) in [5.41, 5.74) is 1.29. The average molecular weight is 593 g/mol. The molecular formula is C34H24O10. The Morgan fingerprint density at radius 2 is 1.14 bits per heavy atom. The minimum Gasteiger partial charge on any atom is -0.508 e. The summed E-state index contributed by atoms with van der Waals surface area (Å²) in [6.45, 7) is 0. The summed E-state index contributed by atoms with van der Waals surface area (Å²) < 4.78 is 20.5. The summed E-state index contributed by atoms with van der Waals surface area (Å²) in [6.07, 6.45) is 0. The van der Waals surface area contributed by atoms with Crippen molar-refractivity contribution in [2.24, 2.45) is 0 Å². The molecule has 6 aromatic rings. The molecule has 10 nitrogen and oxygen atoms in total. The number of aromatic hydroxyl groups is 2. The summed E-state index contributed by atoms with van der Waals surface area (Å²) in [7, 11) is 3.05. The van der Waals surface area contributed by atoms with Gasteiger partial charge in [0, 0.05) is 46.2 Å². The number of hydrogen-bond donors (Lipinski definition) is 2. The highest BCUT2D eigenvalue weighted by molar-refractivity contribution is 6.12. The minimum absolute atomic E-state index is 0.0875. The molecule has 0 aliphatic heterocycles. The van der Waals surface area contributed by atoms with Gasteiger partial charge in [0.05, 0.1) is 25.3 Å². The zero-order chi connectivity index (χ0) is 31.4. The molecule has 2 N–H and O–H groups in total. The third-order valence-electron chi connectivity index (χ3n) is 6.64. The fourth-order valence-corrected chi connectivity index (χ4v) is 4.44. The molecule has 0 radical (unpaired) electrons. The lowest BCUT2D eigenvalue weighted by molar-refractivity contribution is 0.102. The number of methoxy groups -OCH3 is 2. The molecule has 0 saturated heterocycles. The monoisotopic (exact) mass is 592 g/mol. The standard InChI is InChI=1S/C18H14O5.C16H10O5/c1-21-13-5-6-14(16(10-13)22-2)18(20)12-3-7-15-11(9-12)4-8-17(19)23-15;17-11-3-4-12(13(18)8-11)16(20)10-1-5-14-9(7-10)2-6-15(19)21-14/h3-10H,1-2H3;1-8,17-18H. The molecule has 2 aromatic heterocycles. The number of benzene rings is 4. The molecule has 10 heteroatoms. The van der Waals surface area contributed by atoms with E-state index in [2.05, 4.69) is 0 Å². The first-order valence-electron chi connectivity index (χ1n) is 13.1. The highest BCUT2D eigenvalue weighted by Crippen LogP contribution is 2.28. The van der Waals surface area contributed by atoms with Gasteiger partial charge in [0.2, 0.25) is 0 Å². The van der Waals surface area contributed by atoms with E-state index < -0.39 is 11.3 Å². The Balaban J connectivity index is 0.000000175. The Labute approximate surface area is 249 Å². The maximum absolute atomic E-state index is 12.7. The van der Waals surface area contributed by atoms with Gasteiger partial charge in [-0.1, -0.05) is 0 Å². The number of carbonyl (C=O) groups is 2. The van der Waals surface area contributed by atoms with Crippen LogP contribution in [0.2, 0.25) is 0 Å². The van der Waals surface area contributed by atoms with E-state index in [0.29, 0.717) is 50.1 Å². The smallest absolute Gasteiger partial charge is 0.336 e. The van der Waals surface area contributed by atoms with Gasteiger partial charge in [-0.3, -0.25) is 9.59 Å². The number of ketones is 2. The number of hydrogen-bond acceptors (Lipinski definition) is 10. The van der Waals surface area contributed by atoms with Crippen molar-refractivity contribution >= 4 is 33.5 Å². The van der Waals surface area contributed by atoms with Crippen LogP contribution in [0.3, 0.4) is 0 Å². The van der Waals surface area contributed by atoms with E-state index in [-0.39, 0.29) is 28.6 Å². The average Bonchev–Trinajstić information content (AvgIpc) is 3.03. The fourth-order valence-electron chi connectivity index (χ4n) is 4.44. The number of fused-ring (bicyclic) bond motifs is 2. The van der Waals surface area contributed by atoms with Gasteiger partial charge in [0.25, 0.3) is 0 Å². The van der Waals surface area contributed by atoms with Crippen molar-refractivity contribution in [2.45, 2.75) is 0 Å². The Morgan fingerprint density at radius 1 is 0.591 bits per heavy atom. The van der Waals surface area contributed by atoms with Gasteiger partial charge in [-0.05, 0) is 72.8 Å². The lowest BCUT2D eigenvalue weighted by Gasteiger charge is -2.10. The highest BCUT2D eigenvalue weighted by atomic mass is 16.5. The number of rotatable bonds is 6. The van der Waals surface area contributed by atoms with Gasteiger partial charge in [0.1, 0.15) is 34.2 Å². The van der Waals surface area contributed by atoms with E-state index in [1.807, 2.05) is 0 Å². The van der Waals surface area contributed by atoms with Crippen molar-refractivity contribution in [3.63, 3.8) is 0 Å². The molecule has 0 bridgehead atoms. The van der Waals surface area contributed by atoms with Crippen LogP contribution in [0.4, 0.5) is 0 Å². The van der Waals surface area contributed by atoms with Crippen LogP contribution in [0.1, 0.15) is 31.8 Å². The second-order valence-corrected chi connectivity index (χ2v) is 9.44. The SMILES string of the molecule is COc1ccc(C(=O)c2ccc3oc(=O)ccc3c2)c(OC)c1.O=C(c1ccc2oc(=O)ccc2c1)c1ccc(O)cc1O. The summed E-state index contributed by atoms with van der Waals surface area (Å²) in [6, 6.07) is 24.1. The van der Waals surface area contributed by atoms with E-state index in [9.17, 15) is 29.4 Å². The molecular weight excluding hydrogens is 568 g/mol. The van der Waals surface area contributed by atoms with Gasteiger partial charge in [-0.15, -0.1) is 0 Å². The van der Waals surface area contributed by atoms with E-state index >= 15 is 0 Å². The van der Waals surface area contributed by atoms with Crippen LogP contribution in [0.15, 0.2) is 115 Å². The number of ether oxygens (including phenoxy) is 2. The first kappa shape index (κ1) is 29.3. The highest BCUT2D eigenvalue weighted by Gasteiger charge is 2.17. The molecule has 0 spiro atoms. The molecule has 0 saturated carbocycles. The summed E-state index contributed by atoms with van der Waals surface area (Å²) >= 11 is 0. The zero-order valence-electron chi connectivity index (χ0n) is 23.4. The van der Waals surface area contributed by atoms with Crippen LogP contribution in [-0.4, -0.2) is 36.0 Å². The molecule has 0 amide bonds.